The predicted octanol–water partition coefficient (Wildman–Crippen LogP) is 4.71. The van der Waals surface area contributed by atoms with Gasteiger partial charge in [-0.05, 0) is 36.0 Å². The molecule has 0 nitrogen and oxygen atoms in total. The molecule has 0 aliphatic heterocycles. The zero-order valence-electron chi connectivity index (χ0n) is 9.86. The van der Waals surface area contributed by atoms with Crippen molar-refractivity contribution in [1.82, 2.24) is 0 Å². The highest BCUT2D eigenvalue weighted by atomic mass is 79.9. The second-order valence-corrected chi connectivity index (χ2v) is 6.67. The fourth-order valence-corrected chi connectivity index (χ4v) is 2.98. The molecule has 0 radical (unpaired) electrons. The minimum atomic E-state index is -0.502. The molecule has 16 heavy (non-hydrogen) atoms. The first-order chi connectivity index (χ1) is 7.28. The van der Waals surface area contributed by atoms with Crippen LogP contribution in [-0.4, -0.2) is 4.83 Å². The van der Waals surface area contributed by atoms with Gasteiger partial charge >= 0.3 is 0 Å². The zero-order chi connectivity index (χ0) is 12.3. The number of rotatable bonds is 4. The van der Waals surface area contributed by atoms with Crippen LogP contribution in [0.15, 0.2) is 18.2 Å². The summed E-state index contributed by atoms with van der Waals surface area (Å²) in [6, 6.07) is 3.72. The van der Waals surface area contributed by atoms with Crippen LogP contribution in [-0.2, 0) is 6.42 Å². The van der Waals surface area contributed by atoms with Crippen molar-refractivity contribution in [2.24, 2.45) is 5.41 Å². The van der Waals surface area contributed by atoms with Gasteiger partial charge in [-0.25, -0.2) is 8.78 Å². The van der Waals surface area contributed by atoms with Crippen molar-refractivity contribution in [2.75, 3.05) is 0 Å². The van der Waals surface area contributed by atoms with Crippen molar-refractivity contribution >= 4 is 15.9 Å². The average Bonchev–Trinajstić information content (AvgIpc) is 1.95. The summed E-state index contributed by atoms with van der Waals surface area (Å²) in [5.41, 5.74) is 0.749. The van der Waals surface area contributed by atoms with Gasteiger partial charge in [-0.3, -0.25) is 0 Å². The molecule has 0 aliphatic carbocycles. The highest BCUT2D eigenvalue weighted by Crippen LogP contribution is 2.30. The molecular weight excluding hydrogens is 274 g/mol. The predicted molar refractivity (Wildman–Crippen MR) is 66.8 cm³/mol. The third-order valence-corrected chi connectivity index (χ3v) is 2.76. The standard InChI is InChI=1S/C13H17BrF2/c1-9(14)7-13(2,3)8-10-4-11(15)6-12(16)5-10/h4-6,9H,7-8H2,1-3H3. The first kappa shape index (κ1) is 13.6. The Morgan fingerprint density at radius 1 is 1.19 bits per heavy atom. The lowest BCUT2D eigenvalue weighted by Crippen LogP contribution is -2.18. The average molecular weight is 291 g/mol. The van der Waals surface area contributed by atoms with E-state index in [1.807, 2.05) is 0 Å². The van der Waals surface area contributed by atoms with E-state index >= 15 is 0 Å². The van der Waals surface area contributed by atoms with Crippen molar-refractivity contribution in [1.29, 1.82) is 0 Å². The molecule has 1 unspecified atom stereocenters. The van der Waals surface area contributed by atoms with Gasteiger partial charge in [-0.15, -0.1) is 0 Å². The topological polar surface area (TPSA) is 0 Å². The lowest BCUT2D eigenvalue weighted by atomic mass is 9.82. The van der Waals surface area contributed by atoms with Crippen LogP contribution >= 0.6 is 15.9 Å². The third-order valence-electron chi connectivity index (χ3n) is 2.44. The summed E-state index contributed by atoms with van der Waals surface area (Å²) < 4.78 is 26.0. The lowest BCUT2D eigenvalue weighted by Gasteiger charge is -2.26. The van der Waals surface area contributed by atoms with Gasteiger partial charge in [0.15, 0.2) is 0 Å². The number of alkyl halides is 1. The van der Waals surface area contributed by atoms with Gasteiger partial charge in [0.1, 0.15) is 11.6 Å². The third kappa shape index (κ3) is 4.60. The Bertz CT molecular complexity index is 339. The Labute approximate surface area is 104 Å². The van der Waals surface area contributed by atoms with E-state index in [2.05, 4.69) is 36.7 Å². The highest BCUT2D eigenvalue weighted by Gasteiger charge is 2.21. The first-order valence-corrected chi connectivity index (χ1v) is 6.29. The molecule has 0 saturated heterocycles. The van der Waals surface area contributed by atoms with Gasteiger partial charge in [0, 0.05) is 10.9 Å². The molecule has 0 N–H and O–H groups in total. The minimum absolute atomic E-state index is 0.0309. The van der Waals surface area contributed by atoms with Gasteiger partial charge in [0.2, 0.25) is 0 Å². The monoisotopic (exact) mass is 290 g/mol. The Balaban J connectivity index is 2.79. The summed E-state index contributed by atoms with van der Waals surface area (Å²) in [5.74, 6) is -1.00. The van der Waals surface area contributed by atoms with E-state index in [9.17, 15) is 8.78 Å². The molecular formula is C13H17BrF2. The van der Waals surface area contributed by atoms with Crippen LogP contribution in [0.2, 0.25) is 0 Å². The van der Waals surface area contributed by atoms with E-state index in [-0.39, 0.29) is 5.41 Å². The first-order valence-electron chi connectivity index (χ1n) is 5.37. The van der Waals surface area contributed by atoms with Crippen LogP contribution in [0.3, 0.4) is 0 Å². The van der Waals surface area contributed by atoms with Crippen LogP contribution in [0.25, 0.3) is 0 Å². The molecule has 0 saturated carbocycles. The molecule has 0 bridgehead atoms. The van der Waals surface area contributed by atoms with Crippen molar-refractivity contribution in [3.63, 3.8) is 0 Å². The van der Waals surface area contributed by atoms with Crippen LogP contribution < -0.4 is 0 Å². The molecule has 3 heteroatoms. The van der Waals surface area contributed by atoms with Gasteiger partial charge in [0.25, 0.3) is 0 Å². The SMILES string of the molecule is CC(Br)CC(C)(C)Cc1cc(F)cc(F)c1. The maximum atomic E-state index is 13.0. The van der Waals surface area contributed by atoms with Crippen LogP contribution in [0.5, 0.6) is 0 Å². The maximum absolute atomic E-state index is 13.0. The molecule has 0 amide bonds. The molecule has 1 aromatic rings. The normalized spacial score (nSPS) is 13.9. The van der Waals surface area contributed by atoms with Gasteiger partial charge in [-0.1, -0.05) is 36.7 Å². The molecule has 1 rings (SSSR count). The zero-order valence-corrected chi connectivity index (χ0v) is 11.4. The van der Waals surface area contributed by atoms with Crippen LogP contribution in [0.1, 0.15) is 32.8 Å². The highest BCUT2D eigenvalue weighted by molar-refractivity contribution is 9.09. The molecule has 0 fully saturated rings. The van der Waals surface area contributed by atoms with E-state index in [0.29, 0.717) is 11.2 Å². The summed E-state index contributed by atoms with van der Waals surface area (Å²) in [4.78, 5) is 0.404. The Hall–Kier alpha value is -0.440. The quantitative estimate of drug-likeness (QED) is 0.705. The molecule has 0 heterocycles. The van der Waals surface area contributed by atoms with E-state index in [4.69, 9.17) is 0 Å². The summed E-state index contributed by atoms with van der Waals surface area (Å²) in [5, 5.41) is 0. The minimum Gasteiger partial charge on any atom is -0.207 e. The van der Waals surface area contributed by atoms with Crippen molar-refractivity contribution in [3.8, 4) is 0 Å². The molecule has 1 atom stereocenters. The number of benzene rings is 1. The van der Waals surface area contributed by atoms with Crippen molar-refractivity contribution in [2.45, 2.75) is 38.4 Å². The van der Waals surface area contributed by atoms with Crippen LogP contribution in [0.4, 0.5) is 8.78 Å². The molecule has 0 aliphatic rings. The molecule has 1 aromatic carbocycles. The Kier molecular flexibility index (Phi) is 4.48. The number of halogens is 3. The fraction of sp³-hybridized carbons (Fsp3) is 0.538. The van der Waals surface area contributed by atoms with Crippen molar-refractivity contribution in [3.05, 3.63) is 35.4 Å². The second-order valence-electron chi connectivity index (χ2n) is 5.10. The summed E-state index contributed by atoms with van der Waals surface area (Å²) in [6.45, 7) is 6.29. The lowest BCUT2D eigenvalue weighted by molar-refractivity contribution is 0.334. The fourth-order valence-electron chi connectivity index (χ4n) is 2.10. The van der Waals surface area contributed by atoms with E-state index in [1.54, 1.807) is 0 Å². The van der Waals surface area contributed by atoms with Gasteiger partial charge in [0.05, 0.1) is 0 Å². The van der Waals surface area contributed by atoms with E-state index in [0.717, 1.165) is 18.1 Å². The summed E-state index contributed by atoms with van der Waals surface area (Å²) >= 11 is 3.50. The molecule has 0 aromatic heterocycles. The van der Waals surface area contributed by atoms with E-state index in [1.165, 1.54) is 12.1 Å². The Morgan fingerprint density at radius 3 is 2.12 bits per heavy atom. The second kappa shape index (κ2) is 5.26. The van der Waals surface area contributed by atoms with Crippen molar-refractivity contribution < 1.29 is 8.78 Å². The molecule has 0 spiro atoms. The largest absolute Gasteiger partial charge is 0.207 e. The Morgan fingerprint density at radius 2 is 1.69 bits per heavy atom. The molecule has 90 valence electrons. The summed E-state index contributed by atoms with van der Waals surface area (Å²) in [6.07, 6.45) is 1.64. The van der Waals surface area contributed by atoms with Gasteiger partial charge < -0.3 is 0 Å². The number of hydrogen-bond donors (Lipinski definition) is 0. The summed E-state index contributed by atoms with van der Waals surface area (Å²) in [7, 11) is 0. The smallest absolute Gasteiger partial charge is 0.126 e. The van der Waals surface area contributed by atoms with Crippen LogP contribution in [0, 0.1) is 17.0 Å². The van der Waals surface area contributed by atoms with E-state index < -0.39 is 11.6 Å². The maximum Gasteiger partial charge on any atom is 0.126 e. The van der Waals surface area contributed by atoms with Gasteiger partial charge in [-0.2, -0.15) is 0 Å². The number of hydrogen-bond acceptors (Lipinski definition) is 0.